The highest BCUT2D eigenvalue weighted by molar-refractivity contribution is 7.89. The summed E-state index contributed by atoms with van der Waals surface area (Å²) < 4.78 is 34.9. The lowest BCUT2D eigenvalue weighted by atomic mass is 10.2. The molecule has 2 aromatic heterocycles. The highest BCUT2D eigenvalue weighted by atomic mass is 32.2. The zero-order valence-corrected chi connectivity index (χ0v) is 20.4. The highest BCUT2D eigenvalue weighted by Gasteiger charge is 2.27. The Bertz CT molecular complexity index is 1230. The van der Waals surface area contributed by atoms with Gasteiger partial charge in [-0.1, -0.05) is 24.7 Å². The summed E-state index contributed by atoms with van der Waals surface area (Å²) in [5, 5.41) is 11.9. The summed E-state index contributed by atoms with van der Waals surface area (Å²) in [6.45, 7) is 6.20. The molecule has 0 radical (unpaired) electrons. The van der Waals surface area contributed by atoms with Gasteiger partial charge in [-0.25, -0.2) is 13.4 Å². The van der Waals surface area contributed by atoms with Crippen molar-refractivity contribution in [1.82, 2.24) is 24.1 Å². The van der Waals surface area contributed by atoms with E-state index in [-0.39, 0.29) is 17.2 Å². The number of hydrogen-bond donors (Lipinski definition) is 1. The zero-order chi connectivity index (χ0) is 23.4. The number of hydrogen-bond acceptors (Lipinski definition) is 8. The van der Waals surface area contributed by atoms with Crippen LogP contribution in [0.4, 0.5) is 5.13 Å². The number of fused-ring (bicyclic) bond motifs is 1. The number of carbonyl (C=O) groups excluding carboxylic acids is 1. The van der Waals surface area contributed by atoms with Crippen LogP contribution in [-0.2, 0) is 32.5 Å². The summed E-state index contributed by atoms with van der Waals surface area (Å²) in [6, 6.07) is 5.10. The quantitative estimate of drug-likeness (QED) is 0.487. The second kappa shape index (κ2) is 10.2. The van der Waals surface area contributed by atoms with Crippen molar-refractivity contribution in [3.8, 4) is 0 Å². The minimum absolute atomic E-state index is 0.157. The predicted octanol–water partition coefficient (Wildman–Crippen LogP) is 2.59. The molecule has 0 unspecified atom stereocenters. The number of sulfonamides is 1. The molecule has 33 heavy (non-hydrogen) atoms. The standard InChI is InChI=1S/C21H28N6O4S2/c1-3-4-9-27-18-6-5-16(33(29,30)26-10-12-31-13-11-26)14-17(18)22-19(27)7-8-20(28)23-21-25-24-15(2)32-21/h5-6,14H,3-4,7-13H2,1-2H3,(H,23,25,28). The van der Waals surface area contributed by atoms with Crippen LogP contribution in [0.15, 0.2) is 23.1 Å². The van der Waals surface area contributed by atoms with Crippen LogP contribution in [0, 0.1) is 6.92 Å². The predicted molar refractivity (Wildman–Crippen MR) is 126 cm³/mol. The average Bonchev–Trinajstić information content (AvgIpc) is 3.38. The van der Waals surface area contributed by atoms with Gasteiger partial charge in [-0.2, -0.15) is 4.31 Å². The number of aryl methyl sites for hydroxylation is 3. The van der Waals surface area contributed by atoms with Gasteiger partial charge in [0.25, 0.3) is 0 Å². The molecule has 0 aliphatic carbocycles. The molecular formula is C21H28N6O4S2. The number of anilines is 1. The van der Waals surface area contributed by atoms with E-state index in [1.807, 2.05) is 13.0 Å². The van der Waals surface area contributed by atoms with E-state index in [2.05, 4.69) is 27.0 Å². The number of ether oxygens (including phenoxy) is 1. The second-order valence-corrected chi connectivity index (χ2v) is 11.0. The number of aromatic nitrogens is 4. The number of unbranched alkanes of at least 4 members (excludes halogenated alkanes) is 1. The molecule has 4 rings (SSSR count). The molecule has 1 aliphatic heterocycles. The first-order chi connectivity index (χ1) is 15.9. The Morgan fingerprint density at radius 2 is 2.03 bits per heavy atom. The van der Waals surface area contributed by atoms with Crippen LogP contribution in [-0.4, -0.2) is 64.7 Å². The fraction of sp³-hybridized carbons (Fsp3) is 0.524. The van der Waals surface area contributed by atoms with Crippen molar-refractivity contribution >= 4 is 43.4 Å². The lowest BCUT2D eigenvalue weighted by Gasteiger charge is -2.26. The second-order valence-electron chi connectivity index (χ2n) is 7.87. The smallest absolute Gasteiger partial charge is 0.243 e. The van der Waals surface area contributed by atoms with Gasteiger partial charge < -0.3 is 14.6 Å². The first-order valence-corrected chi connectivity index (χ1v) is 13.3. The molecule has 1 amide bonds. The Kier molecular flexibility index (Phi) is 7.37. The van der Waals surface area contributed by atoms with Crippen molar-refractivity contribution in [3.05, 3.63) is 29.0 Å². The zero-order valence-electron chi connectivity index (χ0n) is 18.8. The van der Waals surface area contributed by atoms with Crippen molar-refractivity contribution in [2.45, 2.75) is 51.0 Å². The topological polar surface area (TPSA) is 119 Å². The highest BCUT2D eigenvalue weighted by Crippen LogP contribution is 2.25. The molecule has 1 N–H and O–H groups in total. The minimum Gasteiger partial charge on any atom is -0.379 e. The van der Waals surface area contributed by atoms with Gasteiger partial charge in [0, 0.05) is 32.5 Å². The first kappa shape index (κ1) is 23.7. The molecule has 10 nitrogen and oxygen atoms in total. The molecule has 12 heteroatoms. The van der Waals surface area contributed by atoms with Gasteiger partial charge >= 0.3 is 0 Å². The largest absolute Gasteiger partial charge is 0.379 e. The van der Waals surface area contributed by atoms with Gasteiger partial charge in [0.1, 0.15) is 10.8 Å². The van der Waals surface area contributed by atoms with Crippen LogP contribution >= 0.6 is 11.3 Å². The lowest BCUT2D eigenvalue weighted by Crippen LogP contribution is -2.40. The van der Waals surface area contributed by atoms with E-state index in [1.54, 1.807) is 12.1 Å². The van der Waals surface area contributed by atoms with Crippen LogP contribution in [0.25, 0.3) is 11.0 Å². The number of imidazole rings is 1. The van der Waals surface area contributed by atoms with E-state index in [4.69, 9.17) is 9.72 Å². The maximum atomic E-state index is 13.1. The Labute approximate surface area is 197 Å². The summed E-state index contributed by atoms with van der Waals surface area (Å²) in [5.74, 6) is 0.610. The summed E-state index contributed by atoms with van der Waals surface area (Å²) in [7, 11) is -3.60. The molecule has 3 heterocycles. The molecule has 0 atom stereocenters. The number of nitrogens with zero attached hydrogens (tertiary/aromatic N) is 5. The fourth-order valence-electron chi connectivity index (χ4n) is 3.77. The minimum atomic E-state index is -3.60. The van der Waals surface area contributed by atoms with Crippen molar-refractivity contribution in [3.63, 3.8) is 0 Å². The molecule has 0 saturated carbocycles. The van der Waals surface area contributed by atoms with Gasteiger partial charge in [-0.3, -0.25) is 4.79 Å². The molecule has 0 bridgehead atoms. The Morgan fingerprint density at radius 3 is 2.73 bits per heavy atom. The Morgan fingerprint density at radius 1 is 1.24 bits per heavy atom. The van der Waals surface area contributed by atoms with Crippen molar-refractivity contribution < 1.29 is 17.9 Å². The van der Waals surface area contributed by atoms with Crippen LogP contribution in [0.1, 0.15) is 37.0 Å². The van der Waals surface area contributed by atoms with Crippen molar-refractivity contribution in [1.29, 1.82) is 0 Å². The first-order valence-electron chi connectivity index (χ1n) is 11.1. The Hall–Kier alpha value is -2.41. The third-order valence-electron chi connectivity index (χ3n) is 5.49. The maximum absolute atomic E-state index is 13.1. The summed E-state index contributed by atoms with van der Waals surface area (Å²) >= 11 is 1.33. The number of benzene rings is 1. The molecule has 1 saturated heterocycles. The average molecular weight is 493 g/mol. The van der Waals surface area contributed by atoms with E-state index in [0.717, 1.165) is 35.7 Å². The number of morpholine rings is 1. The van der Waals surface area contributed by atoms with E-state index in [0.29, 0.717) is 43.4 Å². The molecule has 0 spiro atoms. The van der Waals surface area contributed by atoms with E-state index in [1.165, 1.54) is 15.6 Å². The van der Waals surface area contributed by atoms with Crippen LogP contribution in [0.2, 0.25) is 0 Å². The fourth-order valence-corrected chi connectivity index (χ4v) is 5.80. The number of amides is 1. The van der Waals surface area contributed by atoms with Gasteiger partial charge in [0.15, 0.2) is 0 Å². The summed E-state index contributed by atoms with van der Waals surface area (Å²) in [4.78, 5) is 17.3. The van der Waals surface area contributed by atoms with E-state index < -0.39 is 10.0 Å². The van der Waals surface area contributed by atoms with Crippen molar-refractivity contribution in [2.75, 3.05) is 31.6 Å². The van der Waals surface area contributed by atoms with Crippen LogP contribution < -0.4 is 5.32 Å². The van der Waals surface area contributed by atoms with Crippen LogP contribution in [0.5, 0.6) is 0 Å². The molecule has 1 fully saturated rings. The Balaban J connectivity index is 1.56. The summed E-state index contributed by atoms with van der Waals surface area (Å²) in [5.41, 5.74) is 1.50. The van der Waals surface area contributed by atoms with E-state index in [9.17, 15) is 13.2 Å². The van der Waals surface area contributed by atoms with Gasteiger partial charge in [0.05, 0.1) is 29.1 Å². The number of carbonyl (C=O) groups is 1. The van der Waals surface area contributed by atoms with Crippen LogP contribution in [0.3, 0.4) is 0 Å². The third kappa shape index (κ3) is 5.40. The number of nitrogens with one attached hydrogen (secondary N) is 1. The maximum Gasteiger partial charge on any atom is 0.243 e. The SMILES string of the molecule is CCCCn1c(CCC(=O)Nc2nnc(C)s2)nc2cc(S(=O)(=O)N3CCOCC3)ccc21. The molecule has 1 aromatic carbocycles. The van der Waals surface area contributed by atoms with Gasteiger partial charge in [-0.15, -0.1) is 10.2 Å². The number of rotatable bonds is 9. The third-order valence-corrected chi connectivity index (χ3v) is 8.14. The molecule has 1 aliphatic rings. The van der Waals surface area contributed by atoms with Gasteiger partial charge in [0.2, 0.25) is 21.1 Å². The monoisotopic (exact) mass is 492 g/mol. The molecule has 178 valence electrons. The van der Waals surface area contributed by atoms with Crippen molar-refractivity contribution in [2.24, 2.45) is 0 Å². The summed E-state index contributed by atoms with van der Waals surface area (Å²) in [6.07, 6.45) is 2.66. The normalized spacial score (nSPS) is 15.2. The molecular weight excluding hydrogens is 464 g/mol. The van der Waals surface area contributed by atoms with E-state index >= 15 is 0 Å². The lowest BCUT2D eigenvalue weighted by molar-refractivity contribution is -0.116. The van der Waals surface area contributed by atoms with Gasteiger partial charge in [-0.05, 0) is 31.5 Å². The molecule has 3 aromatic rings.